The molecule has 0 aliphatic rings. The molecule has 21 heavy (non-hydrogen) atoms. The van der Waals surface area contributed by atoms with Gasteiger partial charge in [-0.05, 0) is 57.2 Å². The molecule has 0 unspecified atom stereocenters. The van der Waals surface area contributed by atoms with Crippen molar-refractivity contribution in [1.29, 1.82) is 0 Å². The molecular formula is C18H21NO2. The van der Waals surface area contributed by atoms with Gasteiger partial charge in [-0.1, -0.05) is 18.2 Å². The van der Waals surface area contributed by atoms with Crippen molar-refractivity contribution >= 4 is 5.78 Å². The van der Waals surface area contributed by atoms with E-state index in [1.54, 1.807) is 12.1 Å². The van der Waals surface area contributed by atoms with Gasteiger partial charge in [-0.15, -0.1) is 0 Å². The van der Waals surface area contributed by atoms with E-state index in [1.807, 2.05) is 63.2 Å². The van der Waals surface area contributed by atoms with Crippen LogP contribution in [0.15, 0.2) is 54.6 Å². The highest BCUT2D eigenvalue weighted by Crippen LogP contribution is 2.21. The third kappa shape index (κ3) is 5.04. The van der Waals surface area contributed by atoms with E-state index in [2.05, 4.69) is 5.32 Å². The minimum atomic E-state index is -0.0635. The lowest BCUT2D eigenvalue weighted by atomic mass is 10.1. The average molecular weight is 283 g/mol. The van der Waals surface area contributed by atoms with Crippen LogP contribution in [0.2, 0.25) is 0 Å². The smallest absolute Gasteiger partial charge is 0.176 e. The third-order valence-corrected chi connectivity index (χ3v) is 2.93. The predicted molar refractivity (Wildman–Crippen MR) is 85.0 cm³/mol. The molecule has 0 aromatic heterocycles. The second-order valence-corrected chi connectivity index (χ2v) is 5.97. The number of Topliss-reactive ketones (excluding diaryl/α,β-unsaturated/α-hetero) is 1. The Balaban J connectivity index is 1.97. The van der Waals surface area contributed by atoms with Gasteiger partial charge in [-0.25, -0.2) is 0 Å². The fourth-order valence-electron chi connectivity index (χ4n) is 1.78. The Bertz CT molecular complexity index is 583. The highest BCUT2D eigenvalue weighted by Gasteiger charge is 2.12. The molecule has 0 fully saturated rings. The van der Waals surface area contributed by atoms with Gasteiger partial charge in [-0.2, -0.15) is 0 Å². The summed E-state index contributed by atoms with van der Waals surface area (Å²) < 4.78 is 5.70. The van der Waals surface area contributed by atoms with E-state index in [1.165, 1.54) is 0 Å². The van der Waals surface area contributed by atoms with E-state index >= 15 is 0 Å². The molecule has 2 rings (SSSR count). The van der Waals surface area contributed by atoms with Crippen molar-refractivity contribution in [1.82, 2.24) is 5.32 Å². The first-order chi connectivity index (χ1) is 9.94. The van der Waals surface area contributed by atoms with Crippen LogP contribution in [0.1, 0.15) is 31.1 Å². The molecule has 0 amide bonds. The zero-order valence-electron chi connectivity index (χ0n) is 12.7. The summed E-state index contributed by atoms with van der Waals surface area (Å²) in [4.78, 5) is 12.1. The summed E-state index contributed by atoms with van der Waals surface area (Å²) in [6.45, 7) is 6.45. The van der Waals surface area contributed by atoms with Gasteiger partial charge in [0.05, 0.1) is 6.54 Å². The molecular weight excluding hydrogens is 262 g/mol. The average Bonchev–Trinajstić information content (AvgIpc) is 2.46. The summed E-state index contributed by atoms with van der Waals surface area (Å²) in [5.74, 6) is 1.59. The molecule has 110 valence electrons. The normalized spacial score (nSPS) is 11.2. The van der Waals surface area contributed by atoms with E-state index < -0.39 is 0 Å². The standard InChI is InChI=1S/C18H21NO2/c1-18(2,3)19-13-17(20)14-9-11-16(12-10-14)21-15-7-5-4-6-8-15/h4-12,19H,13H2,1-3H3. The van der Waals surface area contributed by atoms with Crippen molar-refractivity contribution in [2.45, 2.75) is 26.3 Å². The molecule has 0 heterocycles. The maximum atomic E-state index is 12.1. The molecule has 0 spiro atoms. The summed E-state index contributed by atoms with van der Waals surface area (Å²) in [7, 11) is 0. The van der Waals surface area contributed by atoms with Gasteiger partial charge in [0.15, 0.2) is 5.78 Å². The van der Waals surface area contributed by atoms with E-state index in [4.69, 9.17) is 4.74 Å². The molecule has 0 atom stereocenters. The van der Waals surface area contributed by atoms with Crippen LogP contribution in [0.5, 0.6) is 11.5 Å². The lowest BCUT2D eigenvalue weighted by Gasteiger charge is -2.19. The molecule has 0 aliphatic carbocycles. The Labute approximate surface area is 126 Å². The molecule has 2 aromatic carbocycles. The topological polar surface area (TPSA) is 38.3 Å². The number of carbonyl (C=O) groups is 1. The van der Waals surface area contributed by atoms with Crippen LogP contribution < -0.4 is 10.1 Å². The Kier molecular flexibility index (Phi) is 4.76. The monoisotopic (exact) mass is 283 g/mol. The van der Waals surface area contributed by atoms with Crippen molar-refractivity contribution in [3.63, 3.8) is 0 Å². The van der Waals surface area contributed by atoms with Gasteiger partial charge in [0.1, 0.15) is 11.5 Å². The van der Waals surface area contributed by atoms with Crippen LogP contribution >= 0.6 is 0 Å². The molecule has 3 heteroatoms. The van der Waals surface area contributed by atoms with E-state index in [9.17, 15) is 4.79 Å². The van der Waals surface area contributed by atoms with Crippen molar-refractivity contribution < 1.29 is 9.53 Å². The van der Waals surface area contributed by atoms with Gasteiger partial charge in [0, 0.05) is 11.1 Å². The van der Waals surface area contributed by atoms with Crippen molar-refractivity contribution in [2.75, 3.05) is 6.54 Å². The molecule has 0 bridgehead atoms. The molecule has 0 saturated carbocycles. The lowest BCUT2D eigenvalue weighted by Crippen LogP contribution is -2.39. The van der Waals surface area contributed by atoms with Gasteiger partial charge < -0.3 is 10.1 Å². The first-order valence-electron chi connectivity index (χ1n) is 7.05. The van der Waals surface area contributed by atoms with Crippen molar-refractivity contribution in [3.05, 3.63) is 60.2 Å². The second kappa shape index (κ2) is 6.55. The van der Waals surface area contributed by atoms with Crippen LogP contribution in [0.3, 0.4) is 0 Å². The van der Waals surface area contributed by atoms with Gasteiger partial charge in [-0.3, -0.25) is 4.79 Å². The Hall–Kier alpha value is -2.13. The Morgan fingerprint density at radius 2 is 1.52 bits per heavy atom. The maximum Gasteiger partial charge on any atom is 0.176 e. The quantitative estimate of drug-likeness (QED) is 0.841. The Morgan fingerprint density at radius 3 is 2.10 bits per heavy atom. The van der Waals surface area contributed by atoms with Crippen LogP contribution in [-0.2, 0) is 0 Å². The minimum absolute atomic E-state index is 0.0635. The van der Waals surface area contributed by atoms with Gasteiger partial charge in [0.25, 0.3) is 0 Å². The summed E-state index contributed by atoms with van der Waals surface area (Å²) in [5.41, 5.74) is 0.624. The van der Waals surface area contributed by atoms with Crippen molar-refractivity contribution in [2.24, 2.45) is 0 Å². The molecule has 1 N–H and O–H groups in total. The molecule has 3 nitrogen and oxygen atoms in total. The fraction of sp³-hybridized carbons (Fsp3) is 0.278. The van der Waals surface area contributed by atoms with Crippen LogP contribution in [0, 0.1) is 0 Å². The number of hydrogen-bond donors (Lipinski definition) is 1. The molecule has 0 saturated heterocycles. The zero-order valence-corrected chi connectivity index (χ0v) is 12.7. The molecule has 0 radical (unpaired) electrons. The Morgan fingerprint density at radius 1 is 0.952 bits per heavy atom. The largest absolute Gasteiger partial charge is 0.457 e. The number of rotatable bonds is 5. The number of ether oxygens (including phenoxy) is 1. The summed E-state index contributed by atoms with van der Waals surface area (Å²) in [5, 5.41) is 3.19. The second-order valence-electron chi connectivity index (χ2n) is 5.97. The minimum Gasteiger partial charge on any atom is -0.457 e. The number of carbonyl (C=O) groups excluding carboxylic acids is 1. The number of nitrogens with one attached hydrogen (secondary N) is 1. The number of hydrogen-bond acceptors (Lipinski definition) is 3. The predicted octanol–water partition coefficient (Wildman–Crippen LogP) is 4.05. The SMILES string of the molecule is CC(C)(C)NCC(=O)c1ccc(Oc2ccccc2)cc1. The van der Waals surface area contributed by atoms with Crippen LogP contribution in [0.4, 0.5) is 0 Å². The van der Waals surface area contributed by atoms with E-state index in [0.717, 1.165) is 11.5 Å². The van der Waals surface area contributed by atoms with E-state index in [-0.39, 0.29) is 11.3 Å². The number of benzene rings is 2. The summed E-state index contributed by atoms with van der Waals surface area (Å²) in [6.07, 6.45) is 0. The van der Waals surface area contributed by atoms with Crippen LogP contribution in [0.25, 0.3) is 0 Å². The first kappa shape index (κ1) is 15.3. The van der Waals surface area contributed by atoms with E-state index in [0.29, 0.717) is 12.1 Å². The molecule has 2 aromatic rings. The highest BCUT2D eigenvalue weighted by molar-refractivity contribution is 5.97. The number of ketones is 1. The van der Waals surface area contributed by atoms with Gasteiger partial charge >= 0.3 is 0 Å². The first-order valence-corrected chi connectivity index (χ1v) is 7.05. The van der Waals surface area contributed by atoms with Crippen LogP contribution in [-0.4, -0.2) is 17.9 Å². The molecule has 0 aliphatic heterocycles. The maximum absolute atomic E-state index is 12.1. The summed E-state index contributed by atoms with van der Waals surface area (Å²) in [6, 6.07) is 16.8. The highest BCUT2D eigenvalue weighted by atomic mass is 16.5. The van der Waals surface area contributed by atoms with Crippen molar-refractivity contribution in [3.8, 4) is 11.5 Å². The zero-order chi connectivity index (χ0) is 15.3. The number of para-hydroxylation sites is 1. The third-order valence-electron chi connectivity index (χ3n) is 2.93. The van der Waals surface area contributed by atoms with Gasteiger partial charge in [0.2, 0.25) is 0 Å². The lowest BCUT2D eigenvalue weighted by molar-refractivity contribution is 0.0982. The summed E-state index contributed by atoms with van der Waals surface area (Å²) >= 11 is 0. The fourth-order valence-corrected chi connectivity index (χ4v) is 1.78.